The van der Waals surface area contributed by atoms with Gasteiger partial charge >= 0.3 is 5.76 Å². The summed E-state index contributed by atoms with van der Waals surface area (Å²) < 4.78 is 48.6. The number of anilines is 1. The smallest absolute Gasteiger partial charge is 0.341 e. The molecule has 19 heavy (non-hydrogen) atoms. The molecule has 0 spiro atoms. The van der Waals surface area contributed by atoms with E-state index >= 15 is 0 Å². The van der Waals surface area contributed by atoms with Crippen LogP contribution < -0.4 is 4.90 Å². The van der Waals surface area contributed by atoms with Crippen LogP contribution in [-0.2, 0) is 9.84 Å². The molecule has 1 aromatic rings. The van der Waals surface area contributed by atoms with Crippen LogP contribution >= 0.6 is 0 Å². The van der Waals surface area contributed by atoms with Crippen molar-refractivity contribution in [3.63, 3.8) is 0 Å². The van der Waals surface area contributed by atoms with E-state index in [0.29, 0.717) is 13.0 Å². The third kappa shape index (κ3) is 3.63. The standard InChI is InChI=1S/C12H17F2NO3S/c1-2-7-15(8-9-16)10-5-3-4-6-11(10)19(17,18)12(13)14/h3-6,12,16H,2,7-9H2,1H3. The first-order valence-corrected chi connectivity index (χ1v) is 7.46. The number of aliphatic hydroxyl groups is 1. The summed E-state index contributed by atoms with van der Waals surface area (Å²) >= 11 is 0. The fourth-order valence-corrected chi connectivity index (χ4v) is 2.75. The second kappa shape index (κ2) is 6.81. The molecule has 0 atom stereocenters. The van der Waals surface area contributed by atoms with Crippen LogP contribution in [-0.4, -0.2) is 39.0 Å². The molecule has 108 valence electrons. The zero-order valence-electron chi connectivity index (χ0n) is 10.6. The number of rotatable bonds is 7. The van der Waals surface area contributed by atoms with Gasteiger partial charge in [-0.25, -0.2) is 8.42 Å². The van der Waals surface area contributed by atoms with Crippen molar-refractivity contribution >= 4 is 15.5 Å². The first-order valence-electron chi connectivity index (χ1n) is 5.92. The normalized spacial score (nSPS) is 11.8. The average Bonchev–Trinajstić information content (AvgIpc) is 2.38. The van der Waals surface area contributed by atoms with E-state index in [-0.39, 0.29) is 18.8 Å². The van der Waals surface area contributed by atoms with Crippen LogP contribution in [0, 0.1) is 0 Å². The number of hydrogen-bond donors (Lipinski definition) is 1. The molecule has 0 saturated carbocycles. The molecular weight excluding hydrogens is 276 g/mol. The van der Waals surface area contributed by atoms with Gasteiger partial charge in [0.1, 0.15) is 0 Å². The summed E-state index contributed by atoms with van der Waals surface area (Å²) in [5.74, 6) is -3.45. The predicted molar refractivity (Wildman–Crippen MR) is 69.2 cm³/mol. The minimum Gasteiger partial charge on any atom is -0.395 e. The minimum atomic E-state index is -4.65. The van der Waals surface area contributed by atoms with Crippen LogP contribution in [0.1, 0.15) is 13.3 Å². The maximum Gasteiger partial charge on any atom is 0.341 e. The largest absolute Gasteiger partial charge is 0.395 e. The molecule has 0 aliphatic carbocycles. The monoisotopic (exact) mass is 293 g/mol. The molecule has 0 radical (unpaired) electrons. The Labute approximate surface area is 111 Å². The number of alkyl halides is 2. The van der Waals surface area contributed by atoms with Crippen molar-refractivity contribution in [2.75, 3.05) is 24.6 Å². The van der Waals surface area contributed by atoms with Crippen LogP contribution in [0.2, 0.25) is 0 Å². The minimum absolute atomic E-state index is 0.178. The molecule has 0 fully saturated rings. The molecule has 0 heterocycles. The van der Waals surface area contributed by atoms with E-state index in [9.17, 15) is 17.2 Å². The van der Waals surface area contributed by atoms with Gasteiger partial charge in [-0.3, -0.25) is 0 Å². The molecule has 0 aliphatic rings. The van der Waals surface area contributed by atoms with E-state index in [2.05, 4.69) is 0 Å². The number of sulfone groups is 1. The van der Waals surface area contributed by atoms with Gasteiger partial charge in [-0.05, 0) is 18.6 Å². The van der Waals surface area contributed by atoms with E-state index in [4.69, 9.17) is 5.11 Å². The Morgan fingerprint density at radius 3 is 2.42 bits per heavy atom. The topological polar surface area (TPSA) is 57.6 Å². The van der Waals surface area contributed by atoms with Gasteiger partial charge in [-0.15, -0.1) is 0 Å². The first kappa shape index (κ1) is 15.8. The summed E-state index contributed by atoms with van der Waals surface area (Å²) in [6.07, 6.45) is 0.711. The molecule has 0 saturated heterocycles. The lowest BCUT2D eigenvalue weighted by Crippen LogP contribution is -2.29. The number of aliphatic hydroxyl groups excluding tert-OH is 1. The van der Waals surface area contributed by atoms with E-state index in [1.54, 1.807) is 11.0 Å². The molecular formula is C12H17F2NO3S. The third-order valence-corrected chi connectivity index (χ3v) is 4.04. The fourth-order valence-electron chi connectivity index (χ4n) is 1.80. The van der Waals surface area contributed by atoms with Gasteiger partial charge in [0.15, 0.2) is 0 Å². The summed E-state index contributed by atoms with van der Waals surface area (Å²) in [6.45, 7) is 2.39. The van der Waals surface area contributed by atoms with Crippen LogP contribution in [0.15, 0.2) is 29.2 Å². The van der Waals surface area contributed by atoms with Crippen molar-refractivity contribution in [2.45, 2.75) is 24.0 Å². The van der Waals surface area contributed by atoms with Crippen molar-refractivity contribution in [1.82, 2.24) is 0 Å². The summed E-state index contributed by atoms with van der Waals surface area (Å²) in [7, 11) is -4.65. The first-order chi connectivity index (χ1) is 8.95. The quantitative estimate of drug-likeness (QED) is 0.834. The van der Waals surface area contributed by atoms with Gasteiger partial charge in [-0.2, -0.15) is 8.78 Å². The van der Waals surface area contributed by atoms with Crippen LogP contribution in [0.5, 0.6) is 0 Å². The highest BCUT2D eigenvalue weighted by atomic mass is 32.2. The Balaban J connectivity index is 3.28. The third-order valence-electron chi connectivity index (χ3n) is 2.61. The summed E-state index contributed by atoms with van der Waals surface area (Å²) in [5.41, 5.74) is 0.207. The Morgan fingerprint density at radius 2 is 1.89 bits per heavy atom. The van der Waals surface area contributed by atoms with Gasteiger partial charge in [-0.1, -0.05) is 19.1 Å². The molecule has 0 amide bonds. The molecule has 1 aromatic carbocycles. The number of benzene rings is 1. The fraction of sp³-hybridized carbons (Fsp3) is 0.500. The lowest BCUT2D eigenvalue weighted by molar-refractivity contribution is 0.234. The lowest BCUT2D eigenvalue weighted by Gasteiger charge is -2.25. The van der Waals surface area contributed by atoms with Gasteiger partial charge < -0.3 is 10.0 Å². The molecule has 1 rings (SSSR count). The zero-order chi connectivity index (χ0) is 14.5. The van der Waals surface area contributed by atoms with Gasteiger partial charge in [0, 0.05) is 13.1 Å². The van der Waals surface area contributed by atoms with Crippen molar-refractivity contribution in [3.05, 3.63) is 24.3 Å². The Kier molecular flexibility index (Phi) is 5.68. The van der Waals surface area contributed by atoms with Crippen molar-refractivity contribution in [3.8, 4) is 0 Å². The van der Waals surface area contributed by atoms with E-state index in [1.165, 1.54) is 12.1 Å². The van der Waals surface area contributed by atoms with Gasteiger partial charge in [0.05, 0.1) is 17.2 Å². The molecule has 4 nitrogen and oxygen atoms in total. The maximum atomic E-state index is 12.7. The Bertz CT molecular complexity index is 499. The van der Waals surface area contributed by atoms with Crippen LogP contribution in [0.4, 0.5) is 14.5 Å². The van der Waals surface area contributed by atoms with Crippen LogP contribution in [0.25, 0.3) is 0 Å². The molecule has 1 N–H and O–H groups in total. The zero-order valence-corrected chi connectivity index (χ0v) is 11.4. The second-order valence-corrected chi connectivity index (χ2v) is 5.87. The van der Waals surface area contributed by atoms with E-state index in [1.807, 2.05) is 6.92 Å². The molecule has 0 aromatic heterocycles. The summed E-state index contributed by atoms with van der Waals surface area (Å²) in [4.78, 5) is 1.20. The van der Waals surface area contributed by atoms with E-state index < -0.39 is 20.5 Å². The highest BCUT2D eigenvalue weighted by molar-refractivity contribution is 7.91. The van der Waals surface area contributed by atoms with E-state index in [0.717, 1.165) is 6.07 Å². The molecule has 0 bridgehead atoms. The lowest BCUT2D eigenvalue weighted by atomic mass is 10.2. The van der Waals surface area contributed by atoms with Crippen molar-refractivity contribution in [1.29, 1.82) is 0 Å². The van der Waals surface area contributed by atoms with Gasteiger partial charge in [0.25, 0.3) is 0 Å². The highest BCUT2D eigenvalue weighted by Gasteiger charge is 2.30. The SMILES string of the molecule is CCCN(CCO)c1ccccc1S(=O)(=O)C(F)F. The van der Waals surface area contributed by atoms with Gasteiger partial charge in [0.2, 0.25) is 9.84 Å². The van der Waals surface area contributed by atoms with Crippen molar-refractivity contribution in [2.24, 2.45) is 0 Å². The Hall–Kier alpha value is -1.21. The number of hydrogen-bond acceptors (Lipinski definition) is 4. The van der Waals surface area contributed by atoms with Crippen LogP contribution in [0.3, 0.4) is 0 Å². The average molecular weight is 293 g/mol. The molecule has 0 unspecified atom stereocenters. The predicted octanol–water partition coefficient (Wildman–Crippen LogP) is 1.89. The van der Waals surface area contributed by atoms with Crippen molar-refractivity contribution < 1.29 is 22.3 Å². The second-order valence-electron chi connectivity index (χ2n) is 3.98. The molecule has 0 aliphatic heterocycles. The summed E-state index contributed by atoms with van der Waals surface area (Å²) in [6, 6.07) is 5.62. The number of para-hydroxylation sites is 1. The number of nitrogens with zero attached hydrogens (tertiary/aromatic N) is 1. The summed E-state index contributed by atoms with van der Waals surface area (Å²) in [5, 5.41) is 8.99. The number of halogens is 2. The maximum absolute atomic E-state index is 12.7. The Morgan fingerprint density at radius 1 is 1.26 bits per heavy atom. The highest BCUT2D eigenvalue weighted by Crippen LogP contribution is 2.29. The molecule has 7 heteroatoms.